The van der Waals surface area contributed by atoms with Crippen molar-refractivity contribution in [2.24, 2.45) is 0 Å². The lowest BCUT2D eigenvalue weighted by Crippen LogP contribution is -2.27. The Morgan fingerprint density at radius 3 is 2.52 bits per heavy atom. The first-order valence-electron chi connectivity index (χ1n) is 6.35. The largest absolute Gasteiger partial charge is 0.444 e. The third-order valence-corrected chi connectivity index (χ3v) is 2.81. The van der Waals surface area contributed by atoms with Crippen molar-refractivity contribution < 1.29 is 24.1 Å². The average molecular weight is 320 g/mol. The van der Waals surface area contributed by atoms with E-state index in [2.05, 4.69) is 5.32 Å². The van der Waals surface area contributed by atoms with Gasteiger partial charge in [0.1, 0.15) is 17.5 Å². The van der Waals surface area contributed by atoms with Gasteiger partial charge in [0.05, 0.1) is 17.7 Å². The molecule has 0 aliphatic carbocycles. The maximum Gasteiger partial charge on any atom is 0.412 e. The molecule has 7 heteroatoms. The summed E-state index contributed by atoms with van der Waals surface area (Å²) < 4.78 is 18.9. The number of rotatable bonds is 4. The van der Waals surface area contributed by atoms with Gasteiger partial charge in [-0.1, -0.05) is 6.07 Å². The predicted molar refractivity (Wildman–Crippen MR) is 77.9 cm³/mol. The van der Waals surface area contributed by atoms with Crippen molar-refractivity contribution in [1.82, 2.24) is 0 Å². The second-order valence-corrected chi connectivity index (χ2v) is 5.84. The van der Waals surface area contributed by atoms with Gasteiger partial charge in [0, 0.05) is 0 Å². The van der Waals surface area contributed by atoms with Gasteiger partial charge < -0.3 is 14.9 Å². The zero-order valence-corrected chi connectivity index (χ0v) is 12.8. The van der Waals surface area contributed by atoms with Crippen LogP contribution in [0.2, 0.25) is 0 Å². The number of amides is 1. The molecule has 1 aromatic carbocycles. The van der Waals surface area contributed by atoms with Crippen LogP contribution in [-0.4, -0.2) is 33.9 Å². The molecule has 118 valence electrons. The highest BCUT2D eigenvalue weighted by Crippen LogP contribution is 2.23. The van der Waals surface area contributed by atoms with E-state index in [9.17, 15) is 19.4 Å². The first kappa shape index (κ1) is 17.7. The summed E-state index contributed by atoms with van der Waals surface area (Å²) in [7, 11) is 0. The number of aliphatic hydroxyl groups excluding tert-OH is 2. The van der Waals surface area contributed by atoms with Gasteiger partial charge in [0.15, 0.2) is 0 Å². The fourth-order valence-corrected chi connectivity index (χ4v) is 1.71. The third kappa shape index (κ3) is 5.49. The number of nitrogens with one attached hydrogen (secondary N) is 1. The Morgan fingerprint density at radius 1 is 1.43 bits per heavy atom. The van der Waals surface area contributed by atoms with Crippen LogP contribution < -0.4 is 5.32 Å². The molecule has 5 nitrogen and oxygen atoms in total. The molecule has 2 atom stereocenters. The molecule has 0 heterocycles. The Kier molecular flexibility index (Phi) is 5.95. The van der Waals surface area contributed by atoms with Gasteiger partial charge in [-0.3, -0.25) is 5.32 Å². The molecular formula is C14H19ClFNO4. The minimum atomic E-state index is -1.30. The average Bonchev–Trinajstić information content (AvgIpc) is 2.37. The summed E-state index contributed by atoms with van der Waals surface area (Å²) in [6, 6.07) is 3.68. The number of halogens is 2. The van der Waals surface area contributed by atoms with Crippen LogP contribution in [0.15, 0.2) is 18.2 Å². The van der Waals surface area contributed by atoms with Crippen molar-refractivity contribution in [1.29, 1.82) is 0 Å². The quantitative estimate of drug-likeness (QED) is 0.746. The molecule has 0 aliphatic rings. The molecule has 0 bridgehead atoms. The number of benzene rings is 1. The Balaban J connectivity index is 2.82. The minimum Gasteiger partial charge on any atom is -0.444 e. The van der Waals surface area contributed by atoms with Crippen LogP contribution >= 0.6 is 11.6 Å². The fourth-order valence-electron chi connectivity index (χ4n) is 1.54. The Bertz CT molecular complexity index is 504. The number of ether oxygens (including phenoxy) is 1. The first-order chi connectivity index (χ1) is 9.64. The van der Waals surface area contributed by atoms with Gasteiger partial charge in [-0.05, 0) is 38.5 Å². The van der Waals surface area contributed by atoms with E-state index in [-0.39, 0.29) is 17.1 Å². The number of carbonyl (C=O) groups excluding carboxylic acids is 1. The van der Waals surface area contributed by atoms with Crippen molar-refractivity contribution in [3.63, 3.8) is 0 Å². The lowest BCUT2D eigenvalue weighted by atomic mass is 10.0. The predicted octanol–water partition coefficient (Wildman–Crippen LogP) is 2.81. The molecule has 3 N–H and O–H groups in total. The van der Waals surface area contributed by atoms with Gasteiger partial charge in [-0.15, -0.1) is 11.6 Å². The number of anilines is 1. The highest BCUT2D eigenvalue weighted by atomic mass is 35.5. The lowest BCUT2D eigenvalue weighted by molar-refractivity contribution is 0.0325. The van der Waals surface area contributed by atoms with Crippen molar-refractivity contribution in [3.05, 3.63) is 29.6 Å². The van der Waals surface area contributed by atoms with E-state index in [4.69, 9.17) is 16.3 Å². The molecular weight excluding hydrogens is 301 g/mol. The molecule has 0 aliphatic heterocycles. The molecule has 0 aromatic heterocycles. The van der Waals surface area contributed by atoms with Crippen LogP contribution in [-0.2, 0) is 4.74 Å². The summed E-state index contributed by atoms with van der Waals surface area (Å²) in [5.74, 6) is -0.931. The van der Waals surface area contributed by atoms with Crippen molar-refractivity contribution >= 4 is 23.4 Å². The smallest absolute Gasteiger partial charge is 0.412 e. The van der Waals surface area contributed by atoms with E-state index >= 15 is 0 Å². The summed E-state index contributed by atoms with van der Waals surface area (Å²) in [5, 5.41) is 21.4. The van der Waals surface area contributed by atoms with E-state index in [1.54, 1.807) is 20.8 Å². The lowest BCUT2D eigenvalue weighted by Gasteiger charge is -2.20. The highest BCUT2D eigenvalue weighted by Gasteiger charge is 2.20. The maximum atomic E-state index is 13.9. The van der Waals surface area contributed by atoms with Gasteiger partial charge >= 0.3 is 6.09 Å². The van der Waals surface area contributed by atoms with Crippen molar-refractivity contribution in [2.75, 3.05) is 11.2 Å². The summed E-state index contributed by atoms with van der Waals surface area (Å²) >= 11 is 5.42. The van der Waals surface area contributed by atoms with Crippen LogP contribution in [0.4, 0.5) is 14.9 Å². The summed E-state index contributed by atoms with van der Waals surface area (Å²) in [6.45, 7) is 5.07. The number of hydrogen-bond donors (Lipinski definition) is 3. The third-order valence-electron chi connectivity index (χ3n) is 2.49. The topological polar surface area (TPSA) is 78.8 Å². The molecule has 0 saturated carbocycles. The molecule has 21 heavy (non-hydrogen) atoms. The van der Waals surface area contributed by atoms with Crippen LogP contribution in [0, 0.1) is 5.82 Å². The Morgan fingerprint density at radius 2 is 2.05 bits per heavy atom. The number of hydrogen-bond acceptors (Lipinski definition) is 4. The molecule has 2 unspecified atom stereocenters. The van der Waals surface area contributed by atoms with Gasteiger partial charge in [0.25, 0.3) is 0 Å². The van der Waals surface area contributed by atoms with E-state index in [0.717, 1.165) is 6.07 Å². The van der Waals surface area contributed by atoms with Crippen molar-refractivity contribution in [2.45, 2.75) is 38.6 Å². The van der Waals surface area contributed by atoms with E-state index in [1.165, 1.54) is 12.1 Å². The van der Waals surface area contributed by atoms with Crippen LogP contribution in [0.3, 0.4) is 0 Å². The van der Waals surface area contributed by atoms with Gasteiger partial charge in [0.2, 0.25) is 0 Å². The summed E-state index contributed by atoms with van der Waals surface area (Å²) in [6.07, 6.45) is -3.28. The van der Waals surface area contributed by atoms with E-state index in [0.29, 0.717) is 0 Å². The Hall–Kier alpha value is -1.37. The normalized spacial score (nSPS) is 14.4. The molecule has 0 fully saturated rings. The molecule has 1 aromatic rings. The molecule has 0 spiro atoms. The van der Waals surface area contributed by atoms with Crippen LogP contribution in [0.1, 0.15) is 32.4 Å². The van der Waals surface area contributed by atoms with E-state index in [1.807, 2.05) is 0 Å². The number of carbonyl (C=O) groups is 1. The molecule has 1 rings (SSSR count). The number of alkyl halides is 1. The summed E-state index contributed by atoms with van der Waals surface area (Å²) in [5.41, 5.74) is -0.614. The molecule has 0 radical (unpaired) electrons. The van der Waals surface area contributed by atoms with Crippen LogP contribution in [0.5, 0.6) is 0 Å². The van der Waals surface area contributed by atoms with Crippen molar-refractivity contribution in [3.8, 4) is 0 Å². The zero-order chi connectivity index (χ0) is 16.2. The summed E-state index contributed by atoms with van der Waals surface area (Å²) in [4.78, 5) is 11.5. The van der Waals surface area contributed by atoms with Crippen LogP contribution in [0.25, 0.3) is 0 Å². The monoisotopic (exact) mass is 319 g/mol. The minimum absolute atomic E-state index is 0.0828. The molecule has 1 amide bonds. The fraction of sp³-hybridized carbons (Fsp3) is 0.500. The number of aliphatic hydroxyl groups is 2. The standard InChI is InChI=1S/C14H19ClFNO4/c1-14(2,3)21-13(20)17-10-5-4-8(6-9(10)16)12(19)11(18)7-15/h4-6,11-12,18-19H,7H2,1-3H3,(H,17,20). The highest BCUT2D eigenvalue weighted by molar-refractivity contribution is 6.18. The second-order valence-electron chi connectivity index (χ2n) is 5.53. The van der Waals surface area contributed by atoms with Gasteiger partial charge in [-0.25, -0.2) is 9.18 Å². The first-order valence-corrected chi connectivity index (χ1v) is 6.89. The van der Waals surface area contributed by atoms with E-state index < -0.39 is 29.7 Å². The maximum absolute atomic E-state index is 13.9. The Labute approximate surface area is 127 Å². The zero-order valence-electron chi connectivity index (χ0n) is 12.1. The SMILES string of the molecule is CC(C)(C)OC(=O)Nc1ccc(C(O)C(O)CCl)cc1F. The molecule has 0 saturated heterocycles. The second kappa shape index (κ2) is 7.06. The van der Waals surface area contributed by atoms with Gasteiger partial charge in [-0.2, -0.15) is 0 Å².